The topological polar surface area (TPSA) is 23.8 Å². The molecule has 0 aliphatic carbocycles. The fourth-order valence-corrected chi connectivity index (χ4v) is 2.38. The molecule has 0 unspecified atom stereocenters. The highest BCUT2D eigenvalue weighted by Crippen LogP contribution is 2.32. The van der Waals surface area contributed by atoms with Crippen molar-refractivity contribution in [3.63, 3.8) is 0 Å². The van der Waals surface area contributed by atoms with Crippen LogP contribution in [-0.4, -0.2) is 3.93 Å². The Labute approximate surface area is 73.2 Å². The molecule has 8 heavy (non-hydrogen) atoms. The maximum Gasteiger partial charge on any atom is 0.268 e. The van der Waals surface area contributed by atoms with E-state index in [2.05, 4.69) is 51.9 Å². The van der Waals surface area contributed by atoms with Crippen molar-refractivity contribution < 1.29 is 0 Å². The summed E-state index contributed by atoms with van der Waals surface area (Å²) in [6, 6.07) is 2.96. The van der Waals surface area contributed by atoms with E-state index in [1.54, 1.807) is 0 Å². The third-order valence-corrected chi connectivity index (χ3v) is 4.91. The number of rotatable bonds is 2. The van der Waals surface area contributed by atoms with E-state index >= 15 is 0 Å². The van der Waals surface area contributed by atoms with E-state index in [0.29, 0.717) is 6.42 Å². The van der Waals surface area contributed by atoms with Crippen molar-refractivity contribution in [1.82, 2.24) is 0 Å². The molecule has 0 saturated heterocycles. The highest BCUT2D eigenvalue weighted by atomic mass is 80.0. The van der Waals surface area contributed by atoms with E-state index < -0.39 is 3.93 Å². The molecule has 0 aromatic carbocycles. The number of hydrogen-bond donors (Lipinski definition) is 0. The minimum absolute atomic E-state index is 0.605. The van der Waals surface area contributed by atoms with Gasteiger partial charge in [0.1, 0.15) is 0 Å². The highest BCUT2D eigenvalue weighted by Gasteiger charge is 2.20. The zero-order valence-corrected chi connectivity index (χ0v) is 9.75. The van der Waals surface area contributed by atoms with Crippen molar-refractivity contribution in [2.24, 2.45) is 0 Å². The molecule has 0 radical (unpaired) electrons. The monoisotopic (exact) mass is 319 g/mol. The summed E-state index contributed by atoms with van der Waals surface area (Å²) in [6.45, 7) is 0. The standard InChI is InChI=1S/C3H4Br3NSi/c4-8(5,6)3-1-2-7/h1,3H2. The molecule has 0 aliphatic heterocycles. The van der Waals surface area contributed by atoms with Crippen LogP contribution in [0, 0.1) is 11.3 Å². The molecule has 0 heterocycles. The van der Waals surface area contributed by atoms with Gasteiger partial charge in [-0.25, -0.2) is 0 Å². The van der Waals surface area contributed by atoms with E-state index in [4.69, 9.17) is 5.26 Å². The first-order valence-corrected chi connectivity index (χ1v) is 11.0. The van der Waals surface area contributed by atoms with Crippen LogP contribution in [0.4, 0.5) is 0 Å². The Bertz CT molecular complexity index is 102. The molecular weight excluding hydrogens is 318 g/mol. The van der Waals surface area contributed by atoms with E-state index in [0.717, 1.165) is 6.04 Å². The number of halogens is 3. The molecule has 0 amide bonds. The van der Waals surface area contributed by atoms with E-state index in [1.807, 2.05) is 0 Å². The predicted molar refractivity (Wildman–Crippen MR) is 47.6 cm³/mol. The lowest BCUT2D eigenvalue weighted by atomic mass is 10.6. The van der Waals surface area contributed by atoms with Crippen molar-refractivity contribution in [2.75, 3.05) is 0 Å². The molecule has 1 nitrogen and oxygen atoms in total. The molecule has 0 aliphatic rings. The maximum absolute atomic E-state index is 8.14. The molecule has 46 valence electrons. The minimum Gasteiger partial charge on any atom is -0.198 e. The van der Waals surface area contributed by atoms with Crippen LogP contribution in [0.3, 0.4) is 0 Å². The van der Waals surface area contributed by atoms with E-state index in [-0.39, 0.29) is 0 Å². The predicted octanol–water partition coefficient (Wildman–Crippen LogP) is 3.02. The van der Waals surface area contributed by atoms with Crippen molar-refractivity contribution in [3.05, 3.63) is 0 Å². The third-order valence-electron chi connectivity index (χ3n) is 0.520. The second-order valence-corrected chi connectivity index (χ2v) is 24.8. The molecule has 0 saturated carbocycles. The maximum atomic E-state index is 8.14. The largest absolute Gasteiger partial charge is 0.268 e. The van der Waals surface area contributed by atoms with Crippen LogP contribution < -0.4 is 0 Å². The minimum atomic E-state index is -1.46. The van der Waals surface area contributed by atoms with E-state index in [9.17, 15) is 0 Å². The van der Waals surface area contributed by atoms with Crippen molar-refractivity contribution in [3.8, 4) is 6.07 Å². The fraction of sp³-hybridized carbons (Fsp3) is 0.667. The Balaban J connectivity index is 3.28. The molecule has 0 atom stereocenters. The number of nitriles is 1. The molecule has 0 aromatic heterocycles. The Morgan fingerprint density at radius 2 is 1.88 bits per heavy atom. The molecule has 5 heteroatoms. The zero-order valence-electron chi connectivity index (χ0n) is 4.00. The lowest BCUT2D eigenvalue weighted by molar-refractivity contribution is 1.21. The summed E-state index contributed by atoms with van der Waals surface area (Å²) in [6.07, 6.45) is 0.605. The van der Waals surface area contributed by atoms with Gasteiger partial charge in [-0.2, -0.15) is 5.26 Å². The SMILES string of the molecule is N#CCC[Si](Br)(Br)Br. The first-order valence-electron chi connectivity index (χ1n) is 2.00. The average Bonchev–Trinajstić information content (AvgIpc) is 1.59. The number of nitrogens with zero attached hydrogens (tertiary/aromatic N) is 1. The quantitative estimate of drug-likeness (QED) is 0.566. The zero-order chi connectivity index (χ0) is 6.62. The fourth-order valence-electron chi connectivity index (χ4n) is 0.198. The Morgan fingerprint density at radius 3 is 2.00 bits per heavy atom. The molecule has 0 N–H and O–H groups in total. The Hall–Kier alpha value is 1.15. The Morgan fingerprint density at radius 1 is 1.38 bits per heavy atom. The summed E-state index contributed by atoms with van der Waals surface area (Å²) in [5, 5.41) is 8.14. The van der Waals surface area contributed by atoms with Gasteiger partial charge in [0, 0.05) is 6.42 Å². The summed E-state index contributed by atoms with van der Waals surface area (Å²) in [4.78, 5) is 0. The summed E-state index contributed by atoms with van der Waals surface area (Å²) in [5.41, 5.74) is 0. The summed E-state index contributed by atoms with van der Waals surface area (Å²) in [7, 11) is 0. The molecule has 0 bridgehead atoms. The summed E-state index contributed by atoms with van der Waals surface area (Å²) >= 11 is 10.2. The van der Waals surface area contributed by atoms with Crippen LogP contribution in [-0.2, 0) is 0 Å². The first-order chi connectivity index (χ1) is 3.56. The summed E-state index contributed by atoms with van der Waals surface area (Å²) < 4.78 is -1.46. The lowest BCUT2D eigenvalue weighted by Crippen LogP contribution is -2.03. The van der Waals surface area contributed by atoms with Crippen molar-refractivity contribution in [1.29, 1.82) is 5.26 Å². The van der Waals surface area contributed by atoms with Crippen LogP contribution in [0.5, 0.6) is 0 Å². The van der Waals surface area contributed by atoms with E-state index in [1.165, 1.54) is 0 Å². The van der Waals surface area contributed by atoms with Crippen LogP contribution in [0.2, 0.25) is 6.04 Å². The van der Waals surface area contributed by atoms with Gasteiger partial charge in [-0.15, -0.1) is 0 Å². The molecule has 0 spiro atoms. The molecular formula is C3H4Br3NSi. The second kappa shape index (κ2) is 4.04. The van der Waals surface area contributed by atoms with Crippen LogP contribution in [0.1, 0.15) is 6.42 Å². The molecule has 0 aromatic rings. The van der Waals surface area contributed by atoms with Gasteiger partial charge in [-0.05, 0) is 6.04 Å². The smallest absolute Gasteiger partial charge is 0.198 e. The average molecular weight is 322 g/mol. The summed E-state index contributed by atoms with van der Waals surface area (Å²) in [5.74, 6) is 0. The van der Waals surface area contributed by atoms with Crippen LogP contribution in [0.25, 0.3) is 0 Å². The van der Waals surface area contributed by atoms with Gasteiger partial charge in [-0.1, -0.05) is 45.9 Å². The van der Waals surface area contributed by atoms with Gasteiger partial charge in [0.25, 0.3) is 3.93 Å². The third kappa shape index (κ3) is 7.15. The van der Waals surface area contributed by atoms with Gasteiger partial charge < -0.3 is 0 Å². The first kappa shape index (κ1) is 9.15. The van der Waals surface area contributed by atoms with Crippen molar-refractivity contribution >= 4 is 49.8 Å². The normalized spacial score (nSPS) is 10.8. The lowest BCUT2D eigenvalue weighted by Gasteiger charge is -2.02. The van der Waals surface area contributed by atoms with Crippen LogP contribution >= 0.6 is 45.9 Å². The van der Waals surface area contributed by atoms with Gasteiger partial charge in [0.15, 0.2) is 0 Å². The van der Waals surface area contributed by atoms with Gasteiger partial charge in [-0.3, -0.25) is 0 Å². The molecule has 0 fully saturated rings. The van der Waals surface area contributed by atoms with Gasteiger partial charge in [0.05, 0.1) is 6.07 Å². The second-order valence-electron chi connectivity index (χ2n) is 1.27. The Kier molecular flexibility index (Phi) is 4.62. The highest BCUT2D eigenvalue weighted by molar-refractivity contribution is 9.72. The van der Waals surface area contributed by atoms with Crippen LogP contribution in [0.15, 0.2) is 0 Å². The van der Waals surface area contributed by atoms with Gasteiger partial charge in [0.2, 0.25) is 0 Å². The van der Waals surface area contributed by atoms with Crippen molar-refractivity contribution in [2.45, 2.75) is 12.5 Å². The number of hydrogen-bond acceptors (Lipinski definition) is 1. The van der Waals surface area contributed by atoms with Gasteiger partial charge >= 0.3 is 0 Å². The molecule has 0 rings (SSSR count).